The first-order valence-corrected chi connectivity index (χ1v) is 10.9. The zero-order valence-electron chi connectivity index (χ0n) is 16.2. The summed E-state index contributed by atoms with van der Waals surface area (Å²) in [4.78, 5) is 16.5. The summed E-state index contributed by atoms with van der Waals surface area (Å²) in [7, 11) is -3.75. The van der Waals surface area contributed by atoms with Crippen LogP contribution in [0, 0.1) is 0 Å². The fourth-order valence-electron chi connectivity index (χ4n) is 3.06. The molecule has 2 aromatic carbocycles. The summed E-state index contributed by atoms with van der Waals surface area (Å²) in [6.07, 6.45) is 1.16. The van der Waals surface area contributed by atoms with Gasteiger partial charge in [0.25, 0.3) is 0 Å². The van der Waals surface area contributed by atoms with Gasteiger partial charge in [-0.25, -0.2) is 17.9 Å². The summed E-state index contributed by atoms with van der Waals surface area (Å²) in [5.74, 6) is 0.191. The normalized spacial score (nSPS) is 11.9. The molecule has 0 amide bonds. The zero-order valence-corrected chi connectivity index (χ0v) is 17.1. The minimum Gasteiger partial charge on any atom is -0.408 e. The van der Waals surface area contributed by atoms with Crippen LogP contribution in [0.5, 0.6) is 0 Å². The van der Waals surface area contributed by atoms with Crippen LogP contribution in [0.25, 0.3) is 11.1 Å². The van der Waals surface area contributed by atoms with Gasteiger partial charge in [-0.1, -0.05) is 42.4 Å². The van der Waals surface area contributed by atoms with Crippen molar-refractivity contribution in [3.8, 4) is 0 Å². The number of sulfonamides is 1. The first-order chi connectivity index (χ1) is 14.5. The minimum absolute atomic E-state index is 0.0248. The topological polar surface area (TPSA) is 120 Å². The van der Waals surface area contributed by atoms with Gasteiger partial charge in [0.15, 0.2) is 11.4 Å². The second-order valence-corrected chi connectivity index (χ2v) is 8.44. The highest BCUT2D eigenvalue weighted by Crippen LogP contribution is 2.19. The molecule has 9 nitrogen and oxygen atoms in total. The predicted molar refractivity (Wildman–Crippen MR) is 109 cm³/mol. The maximum Gasteiger partial charge on any atom is 0.420 e. The van der Waals surface area contributed by atoms with E-state index < -0.39 is 15.8 Å². The van der Waals surface area contributed by atoms with E-state index in [0.29, 0.717) is 30.1 Å². The van der Waals surface area contributed by atoms with E-state index in [2.05, 4.69) is 14.9 Å². The third kappa shape index (κ3) is 4.19. The molecular weight excluding hydrogens is 408 g/mol. The molecule has 2 heterocycles. The van der Waals surface area contributed by atoms with Gasteiger partial charge in [0, 0.05) is 19.0 Å². The van der Waals surface area contributed by atoms with E-state index in [9.17, 15) is 13.2 Å². The number of aromatic nitrogens is 3. The number of hydrogen-bond acceptors (Lipinski definition) is 7. The number of nitrogens with zero attached hydrogens (tertiary/aromatic N) is 3. The van der Waals surface area contributed by atoms with Crippen molar-refractivity contribution in [2.45, 2.75) is 31.2 Å². The Hall–Kier alpha value is -3.24. The molecule has 0 radical (unpaired) electrons. The Kier molecular flexibility index (Phi) is 5.51. The largest absolute Gasteiger partial charge is 0.420 e. The number of nitrogens with one attached hydrogen (secondary N) is 1. The molecule has 0 atom stereocenters. The lowest BCUT2D eigenvalue weighted by Crippen LogP contribution is -2.26. The van der Waals surface area contributed by atoms with Gasteiger partial charge in [-0.05, 0) is 24.1 Å². The molecule has 4 rings (SSSR count). The molecule has 0 aliphatic heterocycles. The van der Waals surface area contributed by atoms with E-state index in [1.165, 1.54) is 22.8 Å². The van der Waals surface area contributed by atoms with Gasteiger partial charge in [0.2, 0.25) is 15.9 Å². The van der Waals surface area contributed by atoms with Crippen LogP contribution >= 0.6 is 0 Å². The van der Waals surface area contributed by atoms with Crippen molar-refractivity contribution in [2.75, 3.05) is 6.54 Å². The molecule has 2 aromatic heterocycles. The molecule has 0 unspecified atom stereocenters. The summed E-state index contributed by atoms with van der Waals surface area (Å²) < 4.78 is 39.4. The van der Waals surface area contributed by atoms with Crippen molar-refractivity contribution in [3.05, 3.63) is 76.4 Å². The van der Waals surface area contributed by atoms with Crippen molar-refractivity contribution in [3.63, 3.8) is 0 Å². The van der Waals surface area contributed by atoms with E-state index in [4.69, 9.17) is 8.94 Å². The summed E-state index contributed by atoms with van der Waals surface area (Å²) in [5.41, 5.74) is 1.66. The van der Waals surface area contributed by atoms with Crippen LogP contribution in [-0.4, -0.2) is 29.7 Å². The molecule has 1 N–H and O–H groups in total. The standard InChI is InChI=1S/C20H20N4O5S/c1-2-19-22-18(23-29-19)13-24-16-9-8-15(12-17(16)28-20(24)25)30(26,27)21-11-10-14-6-4-3-5-7-14/h3-9,12,21H,2,10-11,13H2,1H3. The Labute approximate surface area is 172 Å². The lowest BCUT2D eigenvalue weighted by Gasteiger charge is -2.07. The van der Waals surface area contributed by atoms with Crippen molar-refractivity contribution in [1.82, 2.24) is 19.4 Å². The maximum absolute atomic E-state index is 12.6. The highest BCUT2D eigenvalue weighted by Gasteiger charge is 2.18. The van der Waals surface area contributed by atoms with Crippen molar-refractivity contribution >= 4 is 21.1 Å². The third-order valence-corrected chi connectivity index (χ3v) is 6.07. The van der Waals surface area contributed by atoms with E-state index in [1.54, 1.807) is 0 Å². The number of benzene rings is 2. The first kappa shape index (κ1) is 20.0. The highest BCUT2D eigenvalue weighted by molar-refractivity contribution is 7.89. The van der Waals surface area contributed by atoms with Crippen LogP contribution < -0.4 is 10.5 Å². The second-order valence-electron chi connectivity index (χ2n) is 6.67. The molecule has 0 spiro atoms. The Morgan fingerprint density at radius 2 is 1.93 bits per heavy atom. The quantitative estimate of drug-likeness (QED) is 0.456. The smallest absolute Gasteiger partial charge is 0.408 e. The minimum atomic E-state index is -3.75. The number of oxazole rings is 1. The van der Waals surface area contributed by atoms with Crippen LogP contribution in [-0.2, 0) is 29.4 Å². The average Bonchev–Trinajstić information content (AvgIpc) is 3.32. The molecule has 30 heavy (non-hydrogen) atoms. The number of hydrogen-bond donors (Lipinski definition) is 1. The van der Waals surface area contributed by atoms with Crippen LogP contribution in [0.3, 0.4) is 0 Å². The maximum atomic E-state index is 12.6. The number of rotatable bonds is 8. The van der Waals surface area contributed by atoms with Crippen molar-refractivity contribution in [1.29, 1.82) is 0 Å². The first-order valence-electron chi connectivity index (χ1n) is 9.44. The predicted octanol–water partition coefficient (Wildman–Crippen LogP) is 2.11. The SMILES string of the molecule is CCc1nc(Cn2c(=O)oc3cc(S(=O)(=O)NCCc4ccccc4)ccc32)no1. The van der Waals surface area contributed by atoms with Crippen LogP contribution in [0.1, 0.15) is 24.2 Å². The third-order valence-electron chi connectivity index (χ3n) is 4.61. The van der Waals surface area contributed by atoms with E-state index in [0.717, 1.165) is 5.56 Å². The van der Waals surface area contributed by atoms with Crippen molar-refractivity contribution in [2.24, 2.45) is 0 Å². The molecule has 0 bridgehead atoms. The van der Waals surface area contributed by atoms with Crippen LogP contribution in [0.15, 0.2) is 67.2 Å². The molecule has 0 fully saturated rings. The lowest BCUT2D eigenvalue weighted by molar-refractivity contribution is 0.375. The Morgan fingerprint density at radius 1 is 1.13 bits per heavy atom. The summed E-state index contributed by atoms with van der Waals surface area (Å²) >= 11 is 0. The zero-order chi connectivity index (χ0) is 21.1. The molecule has 10 heteroatoms. The molecule has 0 aliphatic carbocycles. The van der Waals surface area contributed by atoms with Gasteiger partial charge >= 0.3 is 5.76 Å². The van der Waals surface area contributed by atoms with E-state index in [-0.39, 0.29) is 23.6 Å². The lowest BCUT2D eigenvalue weighted by atomic mass is 10.2. The van der Waals surface area contributed by atoms with Gasteiger partial charge < -0.3 is 8.94 Å². The number of aryl methyl sites for hydroxylation is 1. The fraction of sp³-hybridized carbons (Fsp3) is 0.250. The van der Waals surface area contributed by atoms with Gasteiger partial charge in [0.1, 0.15) is 0 Å². The molecule has 4 aromatic rings. The van der Waals surface area contributed by atoms with Gasteiger partial charge in [-0.2, -0.15) is 4.98 Å². The fourth-order valence-corrected chi connectivity index (χ4v) is 4.11. The Bertz CT molecular complexity index is 1320. The van der Waals surface area contributed by atoms with Crippen LogP contribution in [0.4, 0.5) is 0 Å². The highest BCUT2D eigenvalue weighted by atomic mass is 32.2. The molecule has 0 saturated heterocycles. The van der Waals surface area contributed by atoms with Crippen LogP contribution in [0.2, 0.25) is 0 Å². The van der Waals surface area contributed by atoms with E-state index >= 15 is 0 Å². The monoisotopic (exact) mass is 428 g/mol. The summed E-state index contributed by atoms with van der Waals surface area (Å²) in [6.45, 7) is 2.20. The van der Waals surface area contributed by atoms with Gasteiger partial charge in [-0.3, -0.25) is 4.57 Å². The molecule has 0 saturated carbocycles. The average molecular weight is 428 g/mol. The molecule has 0 aliphatic rings. The Balaban J connectivity index is 1.53. The Morgan fingerprint density at radius 3 is 2.67 bits per heavy atom. The molecular formula is C20H20N4O5S. The second kappa shape index (κ2) is 8.25. The van der Waals surface area contributed by atoms with Gasteiger partial charge in [0.05, 0.1) is 17.0 Å². The van der Waals surface area contributed by atoms with Crippen molar-refractivity contribution < 1.29 is 17.4 Å². The summed E-state index contributed by atoms with van der Waals surface area (Å²) in [6, 6.07) is 13.9. The van der Waals surface area contributed by atoms with Gasteiger partial charge in [-0.15, -0.1) is 0 Å². The molecule has 156 valence electrons. The van der Waals surface area contributed by atoms with E-state index in [1.807, 2.05) is 37.3 Å². The summed E-state index contributed by atoms with van der Waals surface area (Å²) in [5, 5.41) is 3.83. The number of fused-ring (bicyclic) bond motifs is 1.